The van der Waals surface area contributed by atoms with Gasteiger partial charge in [0.05, 0.1) is 19.6 Å². The summed E-state index contributed by atoms with van der Waals surface area (Å²) in [7, 11) is 2.97. The fraction of sp³-hybridized carbons (Fsp3) is 0.750. The van der Waals surface area contributed by atoms with Crippen LogP contribution in [-0.2, 0) is 9.63 Å². The van der Waals surface area contributed by atoms with Crippen molar-refractivity contribution >= 4 is 5.91 Å². The maximum Gasteiger partial charge on any atom is 0.248 e. The largest absolute Gasteiger partial charge is 0.388 e. The van der Waals surface area contributed by atoms with E-state index < -0.39 is 6.10 Å². The maximum atomic E-state index is 11.5. The minimum Gasteiger partial charge on any atom is -0.388 e. The van der Waals surface area contributed by atoms with Gasteiger partial charge in [0.2, 0.25) is 5.91 Å². The van der Waals surface area contributed by atoms with Gasteiger partial charge in [-0.15, -0.1) is 0 Å². The molecule has 0 spiro atoms. The molecule has 0 aromatic rings. The van der Waals surface area contributed by atoms with Crippen LogP contribution in [0.15, 0.2) is 11.6 Å². The number of carbonyl (C=O) groups excluding carboxylic acids is 1. The number of nitrogens with zero attached hydrogens (tertiary/aromatic N) is 1. The molecule has 0 fully saturated rings. The van der Waals surface area contributed by atoms with Crippen molar-refractivity contribution in [1.82, 2.24) is 5.06 Å². The molecule has 1 unspecified atom stereocenters. The van der Waals surface area contributed by atoms with Crippen molar-refractivity contribution in [2.45, 2.75) is 45.6 Å². The molecule has 1 atom stereocenters. The molecule has 1 N–H and O–H groups in total. The first-order valence-corrected chi connectivity index (χ1v) is 5.74. The average molecular weight is 229 g/mol. The lowest BCUT2D eigenvalue weighted by molar-refractivity contribution is -0.170. The van der Waals surface area contributed by atoms with Gasteiger partial charge in [-0.2, -0.15) is 0 Å². The Morgan fingerprint density at radius 1 is 1.50 bits per heavy atom. The lowest BCUT2D eigenvalue weighted by Crippen LogP contribution is -2.29. The van der Waals surface area contributed by atoms with Crippen LogP contribution in [0.2, 0.25) is 0 Å². The van der Waals surface area contributed by atoms with E-state index in [1.54, 1.807) is 0 Å². The zero-order valence-electron chi connectivity index (χ0n) is 10.7. The summed E-state index contributed by atoms with van der Waals surface area (Å²) in [6.07, 6.45) is 4.15. The number of unbranched alkanes of at least 4 members (excludes halogenated alkanes) is 1. The summed E-state index contributed by atoms with van der Waals surface area (Å²) >= 11 is 0. The third-order valence-corrected chi connectivity index (χ3v) is 2.52. The summed E-state index contributed by atoms with van der Waals surface area (Å²) < 4.78 is 0. The van der Waals surface area contributed by atoms with Crippen LogP contribution < -0.4 is 0 Å². The van der Waals surface area contributed by atoms with Gasteiger partial charge in [-0.3, -0.25) is 9.63 Å². The topological polar surface area (TPSA) is 49.8 Å². The molecule has 0 aliphatic heterocycles. The van der Waals surface area contributed by atoms with Crippen LogP contribution in [0.3, 0.4) is 0 Å². The second-order valence-electron chi connectivity index (χ2n) is 3.71. The summed E-state index contributed by atoms with van der Waals surface area (Å²) in [5, 5.41) is 11.0. The van der Waals surface area contributed by atoms with Crippen molar-refractivity contribution in [2.75, 3.05) is 14.2 Å². The molecule has 0 saturated carbocycles. The van der Waals surface area contributed by atoms with Gasteiger partial charge in [0.1, 0.15) is 0 Å². The Hall–Kier alpha value is -0.870. The van der Waals surface area contributed by atoms with E-state index in [0.717, 1.165) is 29.9 Å². The third kappa shape index (κ3) is 5.28. The fourth-order valence-corrected chi connectivity index (χ4v) is 1.37. The maximum absolute atomic E-state index is 11.5. The summed E-state index contributed by atoms with van der Waals surface area (Å²) in [6, 6.07) is 0. The Bertz CT molecular complexity index is 238. The third-order valence-electron chi connectivity index (χ3n) is 2.52. The molecule has 94 valence electrons. The molecule has 0 heterocycles. The molecular weight excluding hydrogens is 206 g/mol. The predicted octanol–water partition coefficient (Wildman–Crippen LogP) is 1.89. The van der Waals surface area contributed by atoms with Crippen molar-refractivity contribution in [2.24, 2.45) is 0 Å². The van der Waals surface area contributed by atoms with Crippen LogP contribution >= 0.6 is 0 Å². The molecule has 1 amide bonds. The normalized spacial score (nSPS) is 13.7. The molecular formula is C12H23NO3. The summed E-state index contributed by atoms with van der Waals surface area (Å²) in [5.74, 6) is -0.217. The molecule has 0 aromatic heterocycles. The quantitative estimate of drug-likeness (QED) is 0.536. The van der Waals surface area contributed by atoms with Gasteiger partial charge in [0.15, 0.2) is 0 Å². The standard InChI is InChI=1S/C12H23NO3/c1-5-7-8-10(6-2)11(14)9-12(15)13(3)16-4/h8,11,14H,5-7,9H2,1-4H3/b10-8+. The minimum absolute atomic E-state index is 0.0771. The first-order valence-electron chi connectivity index (χ1n) is 5.74. The van der Waals surface area contributed by atoms with Crippen molar-refractivity contribution < 1.29 is 14.7 Å². The van der Waals surface area contributed by atoms with Gasteiger partial charge in [0.25, 0.3) is 0 Å². The predicted molar refractivity (Wildman–Crippen MR) is 63.7 cm³/mol. The minimum atomic E-state index is -0.693. The first-order chi connectivity index (χ1) is 7.56. The molecule has 0 radical (unpaired) electrons. The number of aliphatic hydroxyl groups excluding tert-OH is 1. The lowest BCUT2D eigenvalue weighted by atomic mass is 10.0. The highest BCUT2D eigenvalue weighted by molar-refractivity contribution is 5.75. The van der Waals surface area contributed by atoms with Gasteiger partial charge in [-0.1, -0.05) is 26.3 Å². The number of allylic oxidation sites excluding steroid dienone is 1. The smallest absolute Gasteiger partial charge is 0.248 e. The molecule has 4 nitrogen and oxygen atoms in total. The van der Waals surface area contributed by atoms with E-state index in [1.807, 2.05) is 13.0 Å². The van der Waals surface area contributed by atoms with Gasteiger partial charge in [0, 0.05) is 7.05 Å². The number of hydrogen-bond acceptors (Lipinski definition) is 3. The molecule has 0 rings (SSSR count). The van der Waals surface area contributed by atoms with Crippen molar-refractivity contribution in [3.05, 3.63) is 11.6 Å². The van der Waals surface area contributed by atoms with Crippen LogP contribution in [0.4, 0.5) is 0 Å². The van der Waals surface area contributed by atoms with E-state index in [4.69, 9.17) is 4.84 Å². The summed E-state index contributed by atoms with van der Waals surface area (Å²) in [5.41, 5.74) is 0.930. The Kier molecular flexibility index (Phi) is 7.85. The van der Waals surface area contributed by atoms with Crippen molar-refractivity contribution in [3.63, 3.8) is 0 Å². The van der Waals surface area contributed by atoms with E-state index in [1.165, 1.54) is 14.2 Å². The summed E-state index contributed by atoms with van der Waals surface area (Å²) in [4.78, 5) is 16.3. The van der Waals surface area contributed by atoms with E-state index in [-0.39, 0.29) is 12.3 Å². The highest BCUT2D eigenvalue weighted by Gasteiger charge is 2.16. The Morgan fingerprint density at radius 2 is 2.12 bits per heavy atom. The van der Waals surface area contributed by atoms with E-state index in [9.17, 15) is 9.90 Å². The van der Waals surface area contributed by atoms with Gasteiger partial charge in [-0.25, -0.2) is 5.06 Å². The van der Waals surface area contributed by atoms with Crippen LogP contribution in [0.5, 0.6) is 0 Å². The first kappa shape index (κ1) is 15.1. The molecule has 4 heteroatoms. The van der Waals surface area contributed by atoms with E-state index in [2.05, 4.69) is 6.92 Å². The van der Waals surface area contributed by atoms with Crippen LogP contribution in [0, 0.1) is 0 Å². The van der Waals surface area contributed by atoms with Gasteiger partial charge >= 0.3 is 0 Å². The monoisotopic (exact) mass is 229 g/mol. The molecule has 0 aromatic carbocycles. The lowest BCUT2D eigenvalue weighted by Gasteiger charge is -2.18. The van der Waals surface area contributed by atoms with Gasteiger partial charge < -0.3 is 5.11 Å². The molecule has 0 bridgehead atoms. The number of hydroxylamine groups is 2. The Morgan fingerprint density at radius 3 is 2.56 bits per heavy atom. The Labute approximate surface area is 97.8 Å². The highest BCUT2D eigenvalue weighted by atomic mass is 16.7. The Balaban J connectivity index is 4.31. The van der Waals surface area contributed by atoms with Gasteiger partial charge in [-0.05, 0) is 18.4 Å². The second kappa shape index (κ2) is 8.30. The number of rotatable bonds is 7. The molecule has 0 aliphatic rings. The molecule has 16 heavy (non-hydrogen) atoms. The number of amides is 1. The molecule has 0 saturated heterocycles. The highest BCUT2D eigenvalue weighted by Crippen LogP contribution is 2.13. The van der Waals surface area contributed by atoms with Crippen LogP contribution in [0.1, 0.15) is 39.5 Å². The van der Waals surface area contributed by atoms with Crippen LogP contribution in [-0.4, -0.2) is 36.3 Å². The number of aliphatic hydroxyl groups is 1. The van der Waals surface area contributed by atoms with Crippen LogP contribution in [0.25, 0.3) is 0 Å². The molecule has 0 aliphatic carbocycles. The summed E-state index contributed by atoms with van der Waals surface area (Å²) in [6.45, 7) is 4.06. The van der Waals surface area contributed by atoms with Crippen molar-refractivity contribution in [1.29, 1.82) is 0 Å². The van der Waals surface area contributed by atoms with Crippen molar-refractivity contribution in [3.8, 4) is 0 Å². The van der Waals surface area contributed by atoms with E-state index in [0.29, 0.717) is 0 Å². The SMILES string of the molecule is CCC/C=C(\CC)C(O)CC(=O)N(C)OC. The number of carbonyl (C=O) groups is 1. The van der Waals surface area contributed by atoms with E-state index >= 15 is 0 Å². The zero-order valence-corrected chi connectivity index (χ0v) is 10.7. The number of hydrogen-bond donors (Lipinski definition) is 1. The average Bonchev–Trinajstić information content (AvgIpc) is 2.28. The zero-order chi connectivity index (χ0) is 12.6. The fourth-order valence-electron chi connectivity index (χ4n) is 1.37. The second-order valence-corrected chi connectivity index (χ2v) is 3.71.